The summed E-state index contributed by atoms with van der Waals surface area (Å²) in [5.41, 5.74) is 4.54. The second-order valence-corrected chi connectivity index (χ2v) is 8.20. The third kappa shape index (κ3) is 5.39. The summed E-state index contributed by atoms with van der Waals surface area (Å²) >= 11 is 0. The van der Waals surface area contributed by atoms with Crippen molar-refractivity contribution < 1.29 is 4.79 Å². The van der Waals surface area contributed by atoms with Gasteiger partial charge in [-0.25, -0.2) is 4.79 Å². The highest BCUT2D eigenvalue weighted by Gasteiger charge is 2.15. The number of benzene rings is 2. The Kier molecular flexibility index (Phi) is 6.15. The molecule has 0 spiro atoms. The highest BCUT2D eigenvalue weighted by molar-refractivity contribution is 5.80. The Morgan fingerprint density at radius 1 is 1.00 bits per heavy atom. The maximum absolute atomic E-state index is 12.2. The van der Waals surface area contributed by atoms with Crippen LogP contribution in [-0.4, -0.2) is 29.0 Å². The zero-order chi connectivity index (χ0) is 20.1. The van der Waals surface area contributed by atoms with Gasteiger partial charge in [0, 0.05) is 24.3 Å². The van der Waals surface area contributed by atoms with Crippen LogP contribution >= 0.6 is 0 Å². The van der Waals surface area contributed by atoms with Crippen molar-refractivity contribution in [3.63, 3.8) is 0 Å². The van der Waals surface area contributed by atoms with Gasteiger partial charge in [-0.1, -0.05) is 49.4 Å². The van der Waals surface area contributed by atoms with Crippen LogP contribution in [0.25, 0.3) is 10.9 Å². The first-order chi connectivity index (χ1) is 14.2. The molecule has 3 N–H and O–H groups in total. The Bertz CT molecular complexity index is 923. The predicted octanol–water partition coefficient (Wildman–Crippen LogP) is 4.40. The van der Waals surface area contributed by atoms with Crippen LogP contribution in [0.15, 0.2) is 54.6 Å². The Morgan fingerprint density at radius 2 is 1.76 bits per heavy atom. The van der Waals surface area contributed by atoms with Crippen molar-refractivity contribution in [3.05, 3.63) is 71.4 Å². The van der Waals surface area contributed by atoms with Gasteiger partial charge < -0.3 is 15.6 Å². The minimum Gasteiger partial charge on any atom is -0.357 e. The van der Waals surface area contributed by atoms with Crippen LogP contribution < -0.4 is 10.6 Å². The first-order valence-corrected chi connectivity index (χ1v) is 10.5. The van der Waals surface area contributed by atoms with E-state index in [2.05, 4.69) is 63.8 Å². The van der Waals surface area contributed by atoms with Gasteiger partial charge in [0.2, 0.25) is 0 Å². The maximum atomic E-state index is 12.2. The summed E-state index contributed by atoms with van der Waals surface area (Å²) in [6, 6.07) is 18.6. The van der Waals surface area contributed by atoms with Crippen LogP contribution in [0.1, 0.15) is 36.6 Å². The van der Waals surface area contributed by atoms with Gasteiger partial charge in [0.1, 0.15) is 0 Å². The average Bonchev–Trinajstić information content (AvgIpc) is 3.16. The summed E-state index contributed by atoms with van der Waals surface area (Å²) in [4.78, 5) is 18.0. The Balaban J connectivity index is 1.24. The van der Waals surface area contributed by atoms with E-state index in [9.17, 15) is 4.79 Å². The standard InChI is InChI=1S/C24H30N4O/c1-18-9-11-28(12-10-18)17-20-6-4-5-19(13-20)15-25-24(29)26-16-22-14-21-7-2-3-8-23(21)27-22/h2-8,13-14,18,27H,9-12,15-17H2,1H3,(H2,25,26,29). The lowest BCUT2D eigenvalue weighted by Crippen LogP contribution is -2.34. The molecule has 5 heteroatoms. The molecular weight excluding hydrogens is 360 g/mol. The highest BCUT2D eigenvalue weighted by atomic mass is 16.2. The number of para-hydroxylation sites is 1. The van der Waals surface area contributed by atoms with E-state index in [1.807, 2.05) is 18.2 Å². The fraction of sp³-hybridized carbons (Fsp3) is 0.375. The van der Waals surface area contributed by atoms with E-state index in [-0.39, 0.29) is 6.03 Å². The van der Waals surface area contributed by atoms with Crippen molar-refractivity contribution >= 4 is 16.9 Å². The Morgan fingerprint density at radius 3 is 2.59 bits per heavy atom. The number of nitrogens with zero attached hydrogens (tertiary/aromatic N) is 1. The van der Waals surface area contributed by atoms with E-state index < -0.39 is 0 Å². The van der Waals surface area contributed by atoms with Gasteiger partial charge in [-0.2, -0.15) is 0 Å². The van der Waals surface area contributed by atoms with Gasteiger partial charge in [-0.05, 0) is 60.5 Å². The van der Waals surface area contributed by atoms with Gasteiger partial charge in [0.25, 0.3) is 0 Å². The number of amides is 2. The minimum atomic E-state index is -0.154. The molecule has 152 valence electrons. The molecule has 2 amide bonds. The number of hydrogen-bond acceptors (Lipinski definition) is 2. The summed E-state index contributed by atoms with van der Waals surface area (Å²) in [6.45, 7) is 6.71. The first-order valence-electron chi connectivity index (χ1n) is 10.5. The number of urea groups is 1. The third-order valence-electron chi connectivity index (χ3n) is 5.75. The van der Waals surface area contributed by atoms with Gasteiger partial charge in [0.05, 0.1) is 6.54 Å². The van der Waals surface area contributed by atoms with Crippen LogP contribution in [-0.2, 0) is 19.6 Å². The summed E-state index contributed by atoms with van der Waals surface area (Å²) in [7, 11) is 0. The van der Waals surface area contributed by atoms with Crippen molar-refractivity contribution in [2.24, 2.45) is 5.92 Å². The molecule has 1 saturated heterocycles. The van der Waals surface area contributed by atoms with Crippen LogP contribution in [0.5, 0.6) is 0 Å². The predicted molar refractivity (Wildman–Crippen MR) is 117 cm³/mol. The molecule has 5 nitrogen and oxygen atoms in total. The van der Waals surface area contributed by atoms with Gasteiger partial charge in [-0.15, -0.1) is 0 Å². The zero-order valence-corrected chi connectivity index (χ0v) is 17.1. The molecule has 0 saturated carbocycles. The zero-order valence-electron chi connectivity index (χ0n) is 17.1. The molecule has 4 rings (SSSR count). The van der Waals surface area contributed by atoms with Crippen LogP contribution in [0.4, 0.5) is 4.79 Å². The molecule has 1 aromatic heterocycles. The number of nitrogens with one attached hydrogen (secondary N) is 3. The molecule has 3 aromatic rings. The van der Waals surface area contributed by atoms with E-state index in [0.717, 1.165) is 34.6 Å². The molecule has 2 aromatic carbocycles. The largest absolute Gasteiger partial charge is 0.357 e. The van der Waals surface area contributed by atoms with Crippen molar-refractivity contribution in [1.82, 2.24) is 20.5 Å². The number of hydrogen-bond donors (Lipinski definition) is 3. The molecule has 29 heavy (non-hydrogen) atoms. The van der Waals surface area contributed by atoms with E-state index in [1.54, 1.807) is 0 Å². The molecular formula is C24H30N4O. The summed E-state index contributed by atoms with van der Waals surface area (Å²) in [6.07, 6.45) is 2.58. The molecule has 0 atom stereocenters. The number of aromatic nitrogens is 1. The topological polar surface area (TPSA) is 60.2 Å². The lowest BCUT2D eigenvalue weighted by Gasteiger charge is -2.30. The number of carbonyl (C=O) groups excluding carboxylic acids is 1. The van der Waals surface area contributed by atoms with Crippen molar-refractivity contribution in [3.8, 4) is 0 Å². The fourth-order valence-corrected chi connectivity index (χ4v) is 3.97. The lowest BCUT2D eigenvalue weighted by molar-refractivity contribution is 0.185. The van der Waals surface area contributed by atoms with Gasteiger partial charge in [-0.3, -0.25) is 4.90 Å². The van der Waals surface area contributed by atoms with Crippen molar-refractivity contribution in [2.45, 2.75) is 39.4 Å². The number of fused-ring (bicyclic) bond motifs is 1. The average molecular weight is 391 g/mol. The quantitative estimate of drug-likeness (QED) is 0.584. The van der Waals surface area contributed by atoms with Gasteiger partial charge in [0.15, 0.2) is 0 Å². The van der Waals surface area contributed by atoms with Gasteiger partial charge >= 0.3 is 6.03 Å². The van der Waals surface area contributed by atoms with E-state index >= 15 is 0 Å². The molecule has 1 aliphatic heterocycles. The number of rotatable bonds is 6. The smallest absolute Gasteiger partial charge is 0.315 e. The number of H-pyrrole nitrogens is 1. The molecule has 0 aliphatic carbocycles. The van der Waals surface area contributed by atoms with Crippen molar-refractivity contribution in [2.75, 3.05) is 13.1 Å². The van der Waals surface area contributed by atoms with E-state index in [1.165, 1.54) is 31.5 Å². The Labute approximate surface area is 172 Å². The molecule has 0 radical (unpaired) electrons. The summed E-state index contributed by atoms with van der Waals surface area (Å²) < 4.78 is 0. The SMILES string of the molecule is CC1CCN(Cc2cccc(CNC(=O)NCc3cc4ccccc4[nH]3)c2)CC1. The number of aromatic amines is 1. The summed E-state index contributed by atoms with van der Waals surface area (Å²) in [5.74, 6) is 0.852. The highest BCUT2D eigenvalue weighted by Crippen LogP contribution is 2.18. The minimum absolute atomic E-state index is 0.154. The second kappa shape index (κ2) is 9.14. The second-order valence-electron chi connectivity index (χ2n) is 8.20. The normalized spacial score (nSPS) is 15.5. The van der Waals surface area contributed by atoms with Crippen molar-refractivity contribution in [1.29, 1.82) is 0 Å². The summed E-state index contributed by atoms with van der Waals surface area (Å²) in [5, 5.41) is 7.04. The van der Waals surface area contributed by atoms with E-state index in [4.69, 9.17) is 0 Å². The molecule has 1 aliphatic rings. The number of likely N-dealkylation sites (tertiary alicyclic amines) is 1. The molecule has 1 fully saturated rings. The Hall–Kier alpha value is -2.79. The lowest BCUT2D eigenvalue weighted by atomic mass is 9.98. The molecule has 2 heterocycles. The third-order valence-corrected chi connectivity index (χ3v) is 5.75. The number of piperidine rings is 1. The van der Waals surface area contributed by atoms with Crippen LogP contribution in [0, 0.1) is 5.92 Å². The molecule has 0 unspecified atom stereocenters. The van der Waals surface area contributed by atoms with E-state index in [0.29, 0.717) is 13.1 Å². The fourth-order valence-electron chi connectivity index (χ4n) is 3.97. The molecule has 0 bridgehead atoms. The maximum Gasteiger partial charge on any atom is 0.315 e. The monoisotopic (exact) mass is 390 g/mol. The van der Waals surface area contributed by atoms with Crippen LogP contribution in [0.2, 0.25) is 0 Å². The van der Waals surface area contributed by atoms with Crippen LogP contribution in [0.3, 0.4) is 0 Å². The number of carbonyl (C=O) groups is 1. The first kappa shape index (κ1) is 19.5.